The van der Waals surface area contributed by atoms with Gasteiger partial charge in [-0.15, -0.1) is 10.2 Å². The molecule has 1 unspecified atom stereocenters. The molecule has 0 bridgehead atoms. The zero-order valence-electron chi connectivity index (χ0n) is 19.5. The molecule has 170 valence electrons. The van der Waals surface area contributed by atoms with Crippen molar-refractivity contribution >= 4 is 11.8 Å². The minimum absolute atomic E-state index is 0.113. The van der Waals surface area contributed by atoms with Crippen LogP contribution in [-0.2, 0) is 10.2 Å². The van der Waals surface area contributed by atoms with E-state index in [4.69, 9.17) is 9.47 Å². The normalized spacial score (nSPS) is 16.8. The highest BCUT2D eigenvalue weighted by atomic mass is 32.2. The zero-order chi connectivity index (χ0) is 22.6. The Bertz CT molecular complexity index is 1000. The number of hydrogen-bond acceptors (Lipinski definition) is 5. The number of thioether (sulfide) groups is 1. The Labute approximate surface area is 195 Å². The van der Waals surface area contributed by atoms with Crippen LogP contribution in [0.25, 0.3) is 17.1 Å². The van der Waals surface area contributed by atoms with Gasteiger partial charge < -0.3 is 9.47 Å². The first-order valence-electron chi connectivity index (χ1n) is 11.5. The quantitative estimate of drug-likeness (QED) is 0.395. The van der Waals surface area contributed by atoms with Crippen molar-refractivity contribution in [1.82, 2.24) is 14.8 Å². The molecule has 2 heterocycles. The lowest BCUT2D eigenvalue weighted by atomic mass is 9.87. The Morgan fingerprint density at radius 2 is 1.78 bits per heavy atom. The Morgan fingerprint density at radius 3 is 2.41 bits per heavy atom. The topological polar surface area (TPSA) is 49.2 Å². The fourth-order valence-electron chi connectivity index (χ4n) is 3.87. The summed E-state index contributed by atoms with van der Waals surface area (Å²) in [6.45, 7) is 10.2. The predicted octanol–water partition coefficient (Wildman–Crippen LogP) is 6.29. The van der Waals surface area contributed by atoms with Crippen LogP contribution < -0.4 is 4.74 Å². The summed E-state index contributed by atoms with van der Waals surface area (Å²) in [4.78, 5) is 0. The number of nitrogens with zero attached hydrogens (tertiary/aromatic N) is 3. The van der Waals surface area contributed by atoms with Gasteiger partial charge in [0.1, 0.15) is 5.75 Å². The van der Waals surface area contributed by atoms with Crippen molar-refractivity contribution in [2.75, 3.05) is 19.0 Å². The largest absolute Gasteiger partial charge is 0.494 e. The number of ether oxygens (including phenoxy) is 2. The van der Waals surface area contributed by atoms with Gasteiger partial charge in [0.25, 0.3) is 0 Å². The van der Waals surface area contributed by atoms with Crippen molar-refractivity contribution in [1.29, 1.82) is 0 Å². The number of hydrogen-bond donors (Lipinski definition) is 0. The standard InChI is InChI=1S/C26H33N3O2S/c1-5-30-22-15-13-21(14-16-22)29-24(19-9-11-20(12-10-19)26(2,3)4)27-28-25(29)32-18-23-8-6-7-17-31-23/h9-16,23H,5-8,17-18H2,1-4H3. The Hall–Kier alpha value is -2.31. The van der Waals surface area contributed by atoms with Crippen LogP contribution in [0.15, 0.2) is 53.7 Å². The van der Waals surface area contributed by atoms with Crippen molar-refractivity contribution < 1.29 is 9.47 Å². The summed E-state index contributed by atoms with van der Waals surface area (Å²) in [5, 5.41) is 10.1. The second kappa shape index (κ2) is 10.1. The average molecular weight is 452 g/mol. The van der Waals surface area contributed by atoms with Gasteiger partial charge in [0.15, 0.2) is 11.0 Å². The Kier molecular flexibility index (Phi) is 7.21. The van der Waals surface area contributed by atoms with Crippen molar-refractivity contribution in [3.05, 3.63) is 54.1 Å². The summed E-state index contributed by atoms with van der Waals surface area (Å²) in [5.41, 5.74) is 3.50. The molecule has 3 aromatic rings. The fourth-order valence-corrected chi connectivity index (χ4v) is 4.88. The van der Waals surface area contributed by atoms with E-state index in [1.807, 2.05) is 19.1 Å². The Morgan fingerprint density at radius 1 is 1.03 bits per heavy atom. The smallest absolute Gasteiger partial charge is 0.196 e. The molecule has 1 saturated heterocycles. The highest BCUT2D eigenvalue weighted by Crippen LogP contribution is 2.32. The van der Waals surface area contributed by atoms with Gasteiger partial charge in [-0.25, -0.2) is 0 Å². The molecule has 0 N–H and O–H groups in total. The first-order valence-corrected chi connectivity index (χ1v) is 12.5. The van der Waals surface area contributed by atoms with Crippen LogP contribution in [0.3, 0.4) is 0 Å². The van der Waals surface area contributed by atoms with Crippen molar-refractivity contribution in [2.45, 2.75) is 63.6 Å². The zero-order valence-corrected chi connectivity index (χ0v) is 20.3. The van der Waals surface area contributed by atoms with Crippen molar-refractivity contribution in [3.8, 4) is 22.8 Å². The van der Waals surface area contributed by atoms with E-state index in [0.29, 0.717) is 6.61 Å². The fraction of sp³-hybridized carbons (Fsp3) is 0.462. The maximum Gasteiger partial charge on any atom is 0.196 e. The van der Waals surface area contributed by atoms with Crippen LogP contribution in [-0.4, -0.2) is 39.8 Å². The van der Waals surface area contributed by atoms with E-state index < -0.39 is 0 Å². The summed E-state index contributed by atoms with van der Waals surface area (Å²) in [7, 11) is 0. The van der Waals surface area contributed by atoms with Gasteiger partial charge in [-0.1, -0.05) is 56.8 Å². The summed E-state index contributed by atoms with van der Waals surface area (Å²) >= 11 is 1.72. The maximum absolute atomic E-state index is 5.93. The lowest BCUT2D eigenvalue weighted by Gasteiger charge is -2.22. The molecule has 0 spiro atoms. The highest BCUT2D eigenvalue weighted by molar-refractivity contribution is 7.99. The van der Waals surface area contributed by atoms with E-state index in [1.165, 1.54) is 12.0 Å². The molecule has 4 rings (SSSR count). The lowest BCUT2D eigenvalue weighted by molar-refractivity contribution is 0.0315. The van der Waals surface area contributed by atoms with Gasteiger partial charge in [-0.2, -0.15) is 0 Å². The van der Waals surface area contributed by atoms with Gasteiger partial charge in [0, 0.05) is 23.6 Å². The lowest BCUT2D eigenvalue weighted by Crippen LogP contribution is -2.21. The first kappa shape index (κ1) is 22.9. The molecule has 0 amide bonds. The number of rotatable bonds is 7. The highest BCUT2D eigenvalue weighted by Gasteiger charge is 2.21. The average Bonchev–Trinajstić information content (AvgIpc) is 3.22. The van der Waals surface area contributed by atoms with Gasteiger partial charge in [-0.05, 0) is 61.4 Å². The molecule has 0 aliphatic carbocycles. The second-order valence-corrected chi connectivity index (χ2v) is 10.2. The molecular formula is C26H33N3O2S. The molecule has 1 aliphatic heterocycles. The van der Waals surface area contributed by atoms with E-state index in [-0.39, 0.29) is 11.5 Å². The molecule has 5 nitrogen and oxygen atoms in total. The van der Waals surface area contributed by atoms with E-state index >= 15 is 0 Å². The number of benzene rings is 2. The molecule has 1 aromatic heterocycles. The first-order chi connectivity index (χ1) is 15.5. The summed E-state index contributed by atoms with van der Waals surface area (Å²) in [5.74, 6) is 2.60. The predicted molar refractivity (Wildman–Crippen MR) is 131 cm³/mol. The van der Waals surface area contributed by atoms with Crippen molar-refractivity contribution in [3.63, 3.8) is 0 Å². The summed E-state index contributed by atoms with van der Waals surface area (Å²) in [6.07, 6.45) is 3.81. The molecule has 1 atom stereocenters. The van der Waals surface area contributed by atoms with Gasteiger partial charge in [-0.3, -0.25) is 4.57 Å². The van der Waals surface area contributed by atoms with Crippen LogP contribution in [0.2, 0.25) is 0 Å². The molecule has 1 aliphatic rings. The number of aromatic nitrogens is 3. The molecule has 0 radical (unpaired) electrons. The third-order valence-corrected chi connectivity index (χ3v) is 6.78. The van der Waals surface area contributed by atoms with E-state index in [9.17, 15) is 0 Å². The van der Waals surface area contributed by atoms with Crippen molar-refractivity contribution in [2.24, 2.45) is 0 Å². The molecule has 1 fully saturated rings. The van der Waals surface area contributed by atoms with E-state index in [0.717, 1.165) is 53.2 Å². The van der Waals surface area contributed by atoms with Crippen LogP contribution in [0.5, 0.6) is 5.75 Å². The van der Waals surface area contributed by atoms with Crippen LogP contribution in [0.4, 0.5) is 0 Å². The minimum atomic E-state index is 0.113. The van der Waals surface area contributed by atoms with Gasteiger partial charge >= 0.3 is 0 Å². The third kappa shape index (κ3) is 5.36. The SMILES string of the molecule is CCOc1ccc(-n2c(SCC3CCCCO3)nnc2-c2ccc(C(C)(C)C)cc2)cc1. The van der Waals surface area contributed by atoms with Crippen LogP contribution in [0.1, 0.15) is 52.5 Å². The van der Waals surface area contributed by atoms with E-state index in [2.05, 4.69) is 71.9 Å². The minimum Gasteiger partial charge on any atom is -0.494 e. The summed E-state index contributed by atoms with van der Waals surface area (Å²) in [6, 6.07) is 16.8. The maximum atomic E-state index is 5.93. The third-order valence-electron chi connectivity index (χ3n) is 5.72. The van der Waals surface area contributed by atoms with Gasteiger partial charge in [0.05, 0.1) is 12.7 Å². The molecule has 2 aromatic carbocycles. The molecular weight excluding hydrogens is 418 g/mol. The van der Waals surface area contributed by atoms with Gasteiger partial charge in [0.2, 0.25) is 0 Å². The Balaban J connectivity index is 1.67. The molecule has 6 heteroatoms. The second-order valence-electron chi connectivity index (χ2n) is 9.20. The monoisotopic (exact) mass is 451 g/mol. The van der Waals surface area contributed by atoms with Crippen LogP contribution in [0, 0.1) is 0 Å². The van der Waals surface area contributed by atoms with E-state index in [1.54, 1.807) is 11.8 Å². The summed E-state index contributed by atoms with van der Waals surface area (Å²) < 4.78 is 13.7. The van der Waals surface area contributed by atoms with Crippen LogP contribution >= 0.6 is 11.8 Å². The molecule has 32 heavy (non-hydrogen) atoms. The molecule has 0 saturated carbocycles.